The van der Waals surface area contributed by atoms with Gasteiger partial charge in [0.25, 0.3) is 0 Å². The normalized spacial score (nSPS) is 9.85. The van der Waals surface area contributed by atoms with Crippen molar-refractivity contribution in [3.05, 3.63) is 21.3 Å². The zero-order valence-electron chi connectivity index (χ0n) is 7.43. The highest BCUT2D eigenvalue weighted by molar-refractivity contribution is 14.1. The Balaban J connectivity index is 3.23. The van der Waals surface area contributed by atoms with Crippen molar-refractivity contribution in [3.63, 3.8) is 0 Å². The Labute approximate surface area is 90.2 Å². The smallest absolute Gasteiger partial charge is 0.174 e. The molecule has 0 fully saturated rings. The number of alkyl halides is 1. The standard InChI is InChI=1S/C9H10FIO2/c1-12-7-4-3-6(5-10)8(11)9(7)13-2/h3-4H,5H2,1-2H3. The summed E-state index contributed by atoms with van der Waals surface area (Å²) in [6, 6.07) is 3.40. The first kappa shape index (κ1) is 10.6. The average molecular weight is 296 g/mol. The molecule has 2 nitrogen and oxygen atoms in total. The van der Waals surface area contributed by atoms with Gasteiger partial charge in [-0.05, 0) is 28.7 Å². The van der Waals surface area contributed by atoms with Crippen LogP contribution in [0.5, 0.6) is 11.5 Å². The first-order valence-electron chi connectivity index (χ1n) is 3.70. The van der Waals surface area contributed by atoms with Gasteiger partial charge in [-0.2, -0.15) is 0 Å². The van der Waals surface area contributed by atoms with E-state index in [2.05, 4.69) is 0 Å². The van der Waals surface area contributed by atoms with E-state index in [1.54, 1.807) is 26.4 Å². The minimum atomic E-state index is -0.487. The van der Waals surface area contributed by atoms with E-state index in [-0.39, 0.29) is 0 Å². The van der Waals surface area contributed by atoms with Crippen molar-refractivity contribution < 1.29 is 13.9 Å². The molecule has 0 atom stereocenters. The van der Waals surface area contributed by atoms with Gasteiger partial charge >= 0.3 is 0 Å². The van der Waals surface area contributed by atoms with Gasteiger partial charge in [-0.1, -0.05) is 6.07 Å². The Bertz CT molecular complexity index is 302. The van der Waals surface area contributed by atoms with E-state index in [9.17, 15) is 4.39 Å². The summed E-state index contributed by atoms with van der Waals surface area (Å²) in [4.78, 5) is 0. The average Bonchev–Trinajstić information content (AvgIpc) is 2.17. The van der Waals surface area contributed by atoms with Crippen molar-refractivity contribution in [1.82, 2.24) is 0 Å². The van der Waals surface area contributed by atoms with Crippen LogP contribution >= 0.6 is 22.6 Å². The van der Waals surface area contributed by atoms with E-state index >= 15 is 0 Å². The van der Waals surface area contributed by atoms with Crippen molar-refractivity contribution in [1.29, 1.82) is 0 Å². The van der Waals surface area contributed by atoms with Crippen molar-refractivity contribution in [2.24, 2.45) is 0 Å². The molecule has 0 spiro atoms. The van der Waals surface area contributed by atoms with Crippen molar-refractivity contribution in [2.75, 3.05) is 14.2 Å². The van der Waals surface area contributed by atoms with E-state index in [1.165, 1.54) is 0 Å². The minimum absolute atomic E-state index is 0.487. The number of halogens is 2. The second kappa shape index (κ2) is 4.64. The van der Waals surface area contributed by atoms with Crippen LogP contribution in [-0.4, -0.2) is 14.2 Å². The SMILES string of the molecule is COc1ccc(CF)c(I)c1OC. The van der Waals surface area contributed by atoms with E-state index in [0.29, 0.717) is 17.1 Å². The van der Waals surface area contributed by atoms with Gasteiger partial charge in [0.1, 0.15) is 6.67 Å². The third-order valence-electron chi connectivity index (χ3n) is 1.71. The van der Waals surface area contributed by atoms with E-state index < -0.39 is 6.67 Å². The third-order valence-corrected chi connectivity index (χ3v) is 2.89. The highest BCUT2D eigenvalue weighted by atomic mass is 127. The Morgan fingerprint density at radius 1 is 1.31 bits per heavy atom. The van der Waals surface area contributed by atoms with Crippen LogP contribution in [0.4, 0.5) is 4.39 Å². The summed E-state index contributed by atoms with van der Waals surface area (Å²) in [7, 11) is 3.10. The molecular weight excluding hydrogens is 286 g/mol. The molecule has 0 N–H and O–H groups in total. The second-order valence-electron chi connectivity index (χ2n) is 2.41. The summed E-state index contributed by atoms with van der Waals surface area (Å²) >= 11 is 2.04. The predicted octanol–water partition coefficient (Wildman–Crippen LogP) is 2.78. The van der Waals surface area contributed by atoms with Gasteiger partial charge in [0.05, 0.1) is 17.8 Å². The zero-order valence-corrected chi connectivity index (χ0v) is 9.59. The molecule has 0 saturated carbocycles. The summed E-state index contributed by atoms with van der Waals surface area (Å²) in [5, 5.41) is 0. The fourth-order valence-corrected chi connectivity index (χ4v) is 1.84. The largest absolute Gasteiger partial charge is 0.493 e. The van der Waals surface area contributed by atoms with Gasteiger partial charge in [-0.15, -0.1) is 0 Å². The maximum atomic E-state index is 12.4. The molecule has 1 rings (SSSR count). The second-order valence-corrected chi connectivity index (χ2v) is 3.49. The molecular formula is C9H10FIO2. The van der Waals surface area contributed by atoms with Crippen LogP contribution in [0.25, 0.3) is 0 Å². The molecule has 0 saturated heterocycles. The number of hydrogen-bond acceptors (Lipinski definition) is 2. The van der Waals surface area contributed by atoms with Crippen LogP contribution < -0.4 is 9.47 Å². The Hall–Kier alpha value is -0.520. The number of benzene rings is 1. The van der Waals surface area contributed by atoms with Gasteiger partial charge in [-0.3, -0.25) is 0 Å². The van der Waals surface area contributed by atoms with Crippen LogP contribution in [0.3, 0.4) is 0 Å². The molecule has 4 heteroatoms. The van der Waals surface area contributed by atoms with Gasteiger partial charge in [-0.25, -0.2) is 4.39 Å². The summed E-state index contributed by atoms with van der Waals surface area (Å²) in [6.07, 6.45) is 0. The monoisotopic (exact) mass is 296 g/mol. The van der Waals surface area contributed by atoms with Gasteiger partial charge < -0.3 is 9.47 Å². The van der Waals surface area contributed by atoms with Crippen molar-refractivity contribution in [2.45, 2.75) is 6.67 Å². The van der Waals surface area contributed by atoms with E-state index in [1.807, 2.05) is 22.6 Å². The molecule has 0 unspecified atom stereocenters. The Morgan fingerprint density at radius 2 is 2.00 bits per heavy atom. The van der Waals surface area contributed by atoms with Crippen LogP contribution in [0.1, 0.15) is 5.56 Å². The molecule has 0 aliphatic heterocycles. The Morgan fingerprint density at radius 3 is 2.46 bits per heavy atom. The lowest BCUT2D eigenvalue weighted by molar-refractivity contribution is 0.351. The number of ether oxygens (including phenoxy) is 2. The molecule has 0 aromatic heterocycles. The van der Waals surface area contributed by atoms with E-state index in [0.717, 1.165) is 3.57 Å². The minimum Gasteiger partial charge on any atom is -0.493 e. The summed E-state index contributed by atoms with van der Waals surface area (Å²) in [5.74, 6) is 1.22. The maximum absolute atomic E-state index is 12.4. The van der Waals surface area contributed by atoms with Gasteiger partial charge in [0, 0.05) is 5.56 Å². The predicted molar refractivity (Wildman–Crippen MR) is 57.1 cm³/mol. The highest BCUT2D eigenvalue weighted by Crippen LogP contribution is 2.34. The lowest BCUT2D eigenvalue weighted by Gasteiger charge is -2.11. The fourth-order valence-electron chi connectivity index (χ4n) is 1.03. The molecule has 0 aliphatic rings. The number of methoxy groups -OCH3 is 2. The zero-order chi connectivity index (χ0) is 9.84. The highest BCUT2D eigenvalue weighted by Gasteiger charge is 2.11. The molecule has 13 heavy (non-hydrogen) atoms. The molecule has 72 valence electrons. The van der Waals surface area contributed by atoms with Crippen molar-refractivity contribution in [3.8, 4) is 11.5 Å². The molecule has 1 aromatic rings. The number of hydrogen-bond donors (Lipinski definition) is 0. The first-order chi connectivity index (χ1) is 6.24. The fraction of sp³-hybridized carbons (Fsp3) is 0.333. The maximum Gasteiger partial charge on any atom is 0.174 e. The lowest BCUT2D eigenvalue weighted by atomic mass is 10.2. The Kier molecular flexibility index (Phi) is 3.77. The molecule has 0 heterocycles. The molecule has 0 bridgehead atoms. The lowest BCUT2D eigenvalue weighted by Crippen LogP contribution is -1.96. The van der Waals surface area contributed by atoms with Crippen LogP contribution in [0.2, 0.25) is 0 Å². The molecule has 1 aromatic carbocycles. The van der Waals surface area contributed by atoms with Crippen LogP contribution in [-0.2, 0) is 6.67 Å². The summed E-state index contributed by atoms with van der Waals surface area (Å²) < 4.78 is 23.4. The summed E-state index contributed by atoms with van der Waals surface area (Å²) in [5.41, 5.74) is 0.623. The third kappa shape index (κ3) is 2.04. The molecule has 0 aliphatic carbocycles. The summed E-state index contributed by atoms with van der Waals surface area (Å²) in [6.45, 7) is -0.487. The van der Waals surface area contributed by atoms with Crippen molar-refractivity contribution >= 4 is 22.6 Å². The number of rotatable bonds is 3. The van der Waals surface area contributed by atoms with Gasteiger partial charge in [0.2, 0.25) is 0 Å². The topological polar surface area (TPSA) is 18.5 Å². The quantitative estimate of drug-likeness (QED) is 0.799. The molecule has 0 radical (unpaired) electrons. The van der Waals surface area contributed by atoms with Gasteiger partial charge in [0.15, 0.2) is 11.5 Å². The van der Waals surface area contributed by atoms with Crippen LogP contribution in [0, 0.1) is 3.57 Å². The van der Waals surface area contributed by atoms with Crippen LogP contribution in [0.15, 0.2) is 12.1 Å². The van der Waals surface area contributed by atoms with E-state index in [4.69, 9.17) is 9.47 Å². The first-order valence-corrected chi connectivity index (χ1v) is 4.77. The molecule has 0 amide bonds.